The van der Waals surface area contributed by atoms with Crippen LogP contribution >= 0.6 is 11.8 Å². The van der Waals surface area contributed by atoms with Gasteiger partial charge in [-0.2, -0.15) is 11.8 Å². The van der Waals surface area contributed by atoms with Crippen LogP contribution in [0.4, 0.5) is 17.6 Å². The number of carboxylic acid groups (broad SMARTS) is 1. The zero-order chi connectivity index (χ0) is 27.4. The summed E-state index contributed by atoms with van der Waals surface area (Å²) >= 11 is 1.64. The molecule has 0 aliphatic carbocycles. The van der Waals surface area contributed by atoms with Crippen molar-refractivity contribution >= 4 is 28.8 Å². The number of rotatable bonds is 5. The maximum absolute atomic E-state index is 15.4. The number of hydrogen-bond donors (Lipinski definition) is 4. The Labute approximate surface area is 217 Å². The number of imidazole rings is 1. The van der Waals surface area contributed by atoms with Crippen molar-refractivity contribution in [1.29, 1.82) is 0 Å². The van der Waals surface area contributed by atoms with Crippen molar-refractivity contribution in [2.24, 2.45) is 0 Å². The zero-order valence-electron chi connectivity index (χ0n) is 19.9. The third kappa shape index (κ3) is 4.33. The van der Waals surface area contributed by atoms with Crippen molar-refractivity contribution in [3.8, 4) is 22.3 Å². The molecule has 3 aromatic carbocycles. The first-order chi connectivity index (χ1) is 18.0. The number of aromatic nitrogens is 2. The Balaban J connectivity index is 1.65. The Morgan fingerprint density at radius 3 is 2.18 bits per heavy atom. The van der Waals surface area contributed by atoms with Gasteiger partial charge in [0.05, 0.1) is 22.2 Å². The molecule has 0 amide bonds. The number of H-pyrrole nitrogens is 1. The fraction of sp³-hybridized carbons (Fsp3) is 0.231. The van der Waals surface area contributed by atoms with Gasteiger partial charge in [-0.25, -0.2) is 32.2 Å². The number of halogens is 4. The van der Waals surface area contributed by atoms with E-state index in [1.54, 1.807) is 18.7 Å². The molecule has 0 atom stereocenters. The van der Waals surface area contributed by atoms with Crippen molar-refractivity contribution in [1.82, 2.24) is 14.9 Å². The lowest BCUT2D eigenvalue weighted by molar-refractivity contribution is -0.273. The third-order valence-corrected chi connectivity index (χ3v) is 7.42. The van der Waals surface area contributed by atoms with Gasteiger partial charge in [0.25, 0.3) is 5.91 Å². The van der Waals surface area contributed by atoms with Crippen molar-refractivity contribution in [3.63, 3.8) is 0 Å². The highest BCUT2D eigenvalue weighted by Gasteiger charge is 2.36. The number of nitrogens with one attached hydrogen (secondary N) is 1. The maximum Gasteiger partial charge on any atom is 0.337 e. The van der Waals surface area contributed by atoms with Gasteiger partial charge >= 0.3 is 5.97 Å². The Kier molecular flexibility index (Phi) is 6.68. The molecule has 4 N–H and O–H groups in total. The van der Waals surface area contributed by atoms with Crippen LogP contribution in [0.3, 0.4) is 0 Å². The van der Waals surface area contributed by atoms with Crippen molar-refractivity contribution in [2.45, 2.75) is 12.8 Å². The molecule has 0 saturated carbocycles. The first kappa shape index (κ1) is 26.2. The minimum atomic E-state index is -2.47. The van der Waals surface area contributed by atoms with E-state index in [-0.39, 0.29) is 22.2 Å². The van der Waals surface area contributed by atoms with Crippen LogP contribution in [0.25, 0.3) is 33.3 Å². The molecule has 4 aromatic rings. The molecule has 1 aromatic heterocycles. The largest absolute Gasteiger partial charge is 0.478 e. The molecule has 38 heavy (non-hydrogen) atoms. The quantitative estimate of drug-likeness (QED) is 0.164. The number of nitrogens with zero attached hydrogens (tertiary/aromatic N) is 2. The minimum absolute atomic E-state index is 0.0257. The van der Waals surface area contributed by atoms with Crippen LogP contribution in [-0.2, 0) is 5.91 Å². The highest BCUT2D eigenvalue weighted by molar-refractivity contribution is 7.99. The van der Waals surface area contributed by atoms with Crippen LogP contribution in [-0.4, -0.2) is 60.8 Å². The molecule has 198 valence electrons. The first-order valence-corrected chi connectivity index (χ1v) is 12.6. The van der Waals surface area contributed by atoms with Gasteiger partial charge in [-0.05, 0) is 36.2 Å². The first-order valence-electron chi connectivity index (χ1n) is 11.5. The maximum atomic E-state index is 15.4. The molecule has 1 saturated heterocycles. The van der Waals surface area contributed by atoms with Gasteiger partial charge in [-0.1, -0.05) is 18.2 Å². The standard InChI is InChI=1S/C26H21F4N3O4S/c1-12-31-17-11-14(10-16(25(34)35)24(17)32-12)19-22(29)20(27)18(21(28)23(19)30)13-3-2-4-15(9-13)26(36,37)33-5-7-38-8-6-33/h2-4,9-11,36-37H,5-8H2,1H3,(H,31,32)(H,34,35). The summed E-state index contributed by atoms with van der Waals surface area (Å²) in [5, 5.41) is 31.1. The predicted molar refractivity (Wildman–Crippen MR) is 134 cm³/mol. The summed E-state index contributed by atoms with van der Waals surface area (Å²) < 4.78 is 61.5. The van der Waals surface area contributed by atoms with Gasteiger partial charge in [-0.15, -0.1) is 0 Å². The number of benzene rings is 3. The molecule has 7 nitrogen and oxygen atoms in total. The lowest BCUT2D eigenvalue weighted by Gasteiger charge is -2.37. The summed E-state index contributed by atoms with van der Waals surface area (Å²) in [6, 6.07) is 6.93. The third-order valence-electron chi connectivity index (χ3n) is 6.48. The summed E-state index contributed by atoms with van der Waals surface area (Å²) in [5.74, 6) is -9.18. The average Bonchev–Trinajstić information content (AvgIpc) is 3.28. The van der Waals surface area contributed by atoms with Crippen LogP contribution < -0.4 is 0 Å². The van der Waals surface area contributed by atoms with Crippen molar-refractivity contribution < 1.29 is 37.7 Å². The number of hydrogen-bond acceptors (Lipinski definition) is 6. The molecular weight excluding hydrogens is 526 g/mol. The van der Waals surface area contributed by atoms with Gasteiger partial charge in [0.15, 0.2) is 23.3 Å². The summed E-state index contributed by atoms with van der Waals surface area (Å²) in [4.78, 5) is 19.9. The fourth-order valence-electron chi connectivity index (χ4n) is 4.63. The van der Waals surface area contributed by atoms with E-state index in [0.29, 0.717) is 30.4 Å². The van der Waals surface area contributed by atoms with Gasteiger partial charge < -0.3 is 20.3 Å². The molecule has 0 spiro atoms. The monoisotopic (exact) mass is 547 g/mol. The van der Waals surface area contributed by atoms with E-state index < -0.39 is 57.4 Å². The average molecular weight is 548 g/mol. The Morgan fingerprint density at radius 2 is 1.58 bits per heavy atom. The highest BCUT2D eigenvalue weighted by atomic mass is 32.2. The van der Waals surface area contributed by atoms with Gasteiger partial charge in [-0.3, -0.25) is 0 Å². The second-order valence-electron chi connectivity index (χ2n) is 8.87. The molecule has 2 heterocycles. The van der Waals surface area contributed by atoms with E-state index in [0.717, 1.165) is 18.2 Å². The van der Waals surface area contributed by atoms with Gasteiger partial charge in [0, 0.05) is 30.2 Å². The number of fused-ring (bicyclic) bond motifs is 1. The van der Waals surface area contributed by atoms with Crippen LogP contribution in [0.15, 0.2) is 36.4 Å². The van der Waals surface area contributed by atoms with E-state index in [2.05, 4.69) is 9.97 Å². The highest BCUT2D eigenvalue weighted by Crippen LogP contribution is 2.39. The lowest BCUT2D eigenvalue weighted by atomic mass is 9.94. The van der Waals surface area contributed by atoms with Crippen LogP contribution in [0.1, 0.15) is 21.7 Å². The molecule has 0 unspecified atom stereocenters. The summed E-state index contributed by atoms with van der Waals surface area (Å²) in [7, 11) is 0. The van der Waals surface area contributed by atoms with E-state index in [4.69, 9.17) is 0 Å². The van der Waals surface area contributed by atoms with Crippen molar-refractivity contribution in [3.05, 3.63) is 76.6 Å². The van der Waals surface area contributed by atoms with Crippen LogP contribution in [0.5, 0.6) is 0 Å². The topological polar surface area (TPSA) is 110 Å². The number of aliphatic hydroxyl groups is 2. The smallest absolute Gasteiger partial charge is 0.337 e. The van der Waals surface area contributed by atoms with E-state index in [1.165, 1.54) is 23.1 Å². The predicted octanol–water partition coefficient (Wildman–Crippen LogP) is 4.60. The Bertz CT molecular complexity index is 1560. The summed E-state index contributed by atoms with van der Waals surface area (Å²) in [6.45, 7) is 2.24. The lowest BCUT2D eigenvalue weighted by Crippen LogP contribution is -2.49. The van der Waals surface area contributed by atoms with Gasteiger partial charge in [0.1, 0.15) is 11.3 Å². The number of aromatic carboxylic acids is 1. The summed E-state index contributed by atoms with van der Waals surface area (Å²) in [6.07, 6.45) is 0. The van der Waals surface area contributed by atoms with Gasteiger partial charge in [0.2, 0.25) is 0 Å². The molecule has 1 fully saturated rings. The Hall–Kier alpha value is -3.45. The molecule has 0 radical (unpaired) electrons. The van der Waals surface area contributed by atoms with Crippen LogP contribution in [0, 0.1) is 30.2 Å². The zero-order valence-corrected chi connectivity index (χ0v) is 20.7. The second-order valence-corrected chi connectivity index (χ2v) is 10.1. The van der Waals surface area contributed by atoms with E-state index in [9.17, 15) is 20.1 Å². The van der Waals surface area contributed by atoms with Crippen LogP contribution in [0.2, 0.25) is 0 Å². The molecule has 5 rings (SSSR count). The van der Waals surface area contributed by atoms with E-state index in [1.807, 2.05) is 0 Å². The molecular formula is C26H21F4N3O4S. The second kappa shape index (κ2) is 9.70. The molecule has 1 aliphatic heterocycles. The normalized spacial score (nSPS) is 14.8. The Morgan fingerprint density at radius 1 is 0.974 bits per heavy atom. The molecule has 12 heteroatoms. The number of carboxylic acids is 1. The number of thioether (sulfide) groups is 1. The minimum Gasteiger partial charge on any atom is -0.478 e. The molecule has 1 aliphatic rings. The van der Waals surface area contributed by atoms with E-state index >= 15 is 17.6 Å². The fourth-order valence-corrected chi connectivity index (χ4v) is 5.53. The summed E-state index contributed by atoms with van der Waals surface area (Å²) in [5.41, 5.74) is -3.22. The SMILES string of the molecule is Cc1nc2c(C(=O)O)cc(-c3c(F)c(F)c(-c4cccc(C(O)(O)N5CCSCC5)c4)c(F)c3F)cc2[nH]1. The van der Waals surface area contributed by atoms with Crippen molar-refractivity contribution in [2.75, 3.05) is 24.6 Å². The molecule has 0 bridgehead atoms. The number of aromatic amines is 1. The number of aryl methyl sites for hydroxylation is 1. The number of carbonyl (C=O) groups is 1.